The summed E-state index contributed by atoms with van der Waals surface area (Å²) in [6.07, 6.45) is 15.6. The van der Waals surface area contributed by atoms with Crippen LogP contribution in [0.15, 0.2) is 0 Å². The highest BCUT2D eigenvalue weighted by Crippen LogP contribution is 2.73. The number of hydrogen-bond donors (Lipinski definition) is 0. The molecule has 26 heavy (non-hydrogen) atoms. The average Bonchev–Trinajstić information content (AvgIpc) is 2.41. The van der Waals surface area contributed by atoms with E-state index in [0.29, 0.717) is 10.3 Å². The molecule has 0 nitrogen and oxygen atoms in total. The maximum atomic E-state index is 2.77. The lowest BCUT2D eigenvalue weighted by atomic mass is 9.64. The van der Waals surface area contributed by atoms with Gasteiger partial charge in [0.05, 0.1) is 0 Å². The van der Waals surface area contributed by atoms with E-state index >= 15 is 0 Å². The van der Waals surface area contributed by atoms with Crippen molar-refractivity contribution in [1.29, 1.82) is 0 Å². The second-order valence-corrected chi connectivity index (χ2v) is 16.3. The summed E-state index contributed by atoms with van der Waals surface area (Å²) in [7, 11) is 0.101. The summed E-state index contributed by atoms with van der Waals surface area (Å²) in [5, 5.41) is 1.34. The Labute approximate surface area is 165 Å². The summed E-state index contributed by atoms with van der Waals surface area (Å²) in [4.78, 5) is 0. The summed E-state index contributed by atoms with van der Waals surface area (Å²) in [5.74, 6) is 6.21. The van der Waals surface area contributed by atoms with E-state index in [0.717, 1.165) is 41.2 Å². The van der Waals surface area contributed by atoms with Crippen LogP contribution in [0.5, 0.6) is 0 Å². The molecule has 1 heteroatoms. The Balaban J connectivity index is 1.59. The normalized spacial score (nSPS) is 52.7. The van der Waals surface area contributed by atoms with Gasteiger partial charge < -0.3 is 0 Å². The minimum absolute atomic E-state index is 0.101. The molecule has 0 heterocycles. The van der Waals surface area contributed by atoms with E-state index in [-0.39, 0.29) is 7.92 Å². The molecule has 4 atom stereocenters. The fourth-order valence-corrected chi connectivity index (χ4v) is 15.0. The molecule has 0 N–H and O–H groups in total. The van der Waals surface area contributed by atoms with Gasteiger partial charge in [0.1, 0.15) is 0 Å². The maximum absolute atomic E-state index is 2.77. The van der Waals surface area contributed by atoms with Gasteiger partial charge in [-0.05, 0) is 116 Å². The minimum atomic E-state index is 0.101. The van der Waals surface area contributed by atoms with Crippen LogP contribution in [0.25, 0.3) is 0 Å². The highest BCUT2D eigenvalue weighted by Gasteiger charge is 2.54. The van der Waals surface area contributed by atoms with Crippen molar-refractivity contribution in [2.75, 3.05) is 0 Å². The van der Waals surface area contributed by atoms with E-state index in [1.807, 2.05) is 0 Å². The standard InChI is InChI=1S/C25H45P/c1-17(2)26(24(5)13-20-7-18(3)8-21(11-20)14-24)25(6)15-22-9-19(4)10-23(12-22)16-25/h17-23H,7-16H2,1-6H3. The smallest absolute Gasteiger partial charge is 0.0110 e. The first-order valence-corrected chi connectivity index (χ1v) is 13.4. The van der Waals surface area contributed by atoms with Crippen molar-refractivity contribution in [2.45, 2.75) is 122 Å². The molecule has 0 amide bonds. The first-order valence-electron chi connectivity index (χ1n) is 12.0. The van der Waals surface area contributed by atoms with E-state index < -0.39 is 0 Å². The van der Waals surface area contributed by atoms with Crippen LogP contribution in [0.2, 0.25) is 0 Å². The summed E-state index contributed by atoms with van der Waals surface area (Å²) < 4.78 is 0. The molecule has 0 aromatic carbocycles. The molecular formula is C25H45P. The lowest BCUT2D eigenvalue weighted by Crippen LogP contribution is -2.48. The quantitative estimate of drug-likeness (QED) is 0.437. The van der Waals surface area contributed by atoms with Gasteiger partial charge in [-0.25, -0.2) is 0 Å². The fourth-order valence-electron chi connectivity index (χ4n) is 9.41. The summed E-state index contributed by atoms with van der Waals surface area (Å²) in [6, 6.07) is 0. The summed E-state index contributed by atoms with van der Waals surface area (Å²) in [6.45, 7) is 15.8. The second kappa shape index (κ2) is 7.04. The maximum Gasteiger partial charge on any atom is -0.0110 e. The number of hydrogen-bond acceptors (Lipinski definition) is 0. The van der Waals surface area contributed by atoms with E-state index in [1.165, 1.54) is 25.7 Å². The molecule has 0 spiro atoms. The van der Waals surface area contributed by atoms with Crippen molar-refractivity contribution in [3.05, 3.63) is 0 Å². The molecule has 0 radical (unpaired) electrons. The van der Waals surface area contributed by atoms with Crippen molar-refractivity contribution >= 4 is 7.92 Å². The Morgan fingerprint density at radius 2 is 0.923 bits per heavy atom. The molecule has 4 aliphatic carbocycles. The first kappa shape index (κ1) is 19.7. The Morgan fingerprint density at radius 1 is 0.615 bits per heavy atom. The molecule has 4 unspecified atom stereocenters. The van der Waals surface area contributed by atoms with Crippen molar-refractivity contribution < 1.29 is 0 Å². The lowest BCUT2D eigenvalue weighted by Gasteiger charge is -2.60. The highest BCUT2D eigenvalue weighted by atomic mass is 31.1. The Hall–Kier alpha value is 0.430. The van der Waals surface area contributed by atoms with Crippen molar-refractivity contribution in [3.8, 4) is 0 Å². The van der Waals surface area contributed by atoms with Gasteiger partial charge in [-0.3, -0.25) is 0 Å². The Bertz CT molecular complexity index is 430. The molecule has 150 valence electrons. The summed E-state index contributed by atoms with van der Waals surface area (Å²) in [5.41, 5.74) is 0.910. The molecule has 0 aliphatic heterocycles. The van der Waals surface area contributed by atoms with E-state index in [9.17, 15) is 0 Å². The van der Waals surface area contributed by atoms with Gasteiger partial charge in [0, 0.05) is 0 Å². The largest absolute Gasteiger partial charge is 0.0918 e. The number of rotatable bonds is 3. The van der Waals surface area contributed by atoms with Gasteiger partial charge >= 0.3 is 0 Å². The molecule has 4 saturated carbocycles. The molecule has 0 saturated heterocycles. The van der Waals surface area contributed by atoms with Gasteiger partial charge in [-0.2, -0.15) is 0 Å². The minimum Gasteiger partial charge on any atom is -0.0918 e. The van der Waals surface area contributed by atoms with Crippen LogP contribution in [0.4, 0.5) is 0 Å². The highest BCUT2D eigenvalue weighted by molar-refractivity contribution is 7.61. The van der Waals surface area contributed by atoms with Crippen LogP contribution in [0.3, 0.4) is 0 Å². The van der Waals surface area contributed by atoms with Crippen LogP contribution < -0.4 is 0 Å². The van der Waals surface area contributed by atoms with E-state index in [1.54, 1.807) is 38.5 Å². The third-order valence-electron chi connectivity index (χ3n) is 8.87. The predicted octanol–water partition coefficient (Wildman–Crippen LogP) is 8.09. The second-order valence-electron chi connectivity index (χ2n) is 12.4. The molecular weight excluding hydrogens is 331 g/mol. The zero-order chi connectivity index (χ0) is 18.7. The summed E-state index contributed by atoms with van der Waals surface area (Å²) >= 11 is 0. The molecule has 0 aromatic rings. The zero-order valence-electron chi connectivity index (χ0n) is 18.6. The monoisotopic (exact) mass is 376 g/mol. The van der Waals surface area contributed by atoms with Gasteiger partial charge in [-0.1, -0.05) is 49.5 Å². The van der Waals surface area contributed by atoms with Crippen molar-refractivity contribution in [2.24, 2.45) is 35.5 Å². The third kappa shape index (κ3) is 3.67. The number of fused-ring (bicyclic) bond motifs is 4. The van der Waals surface area contributed by atoms with Crippen molar-refractivity contribution in [1.82, 2.24) is 0 Å². The van der Waals surface area contributed by atoms with Gasteiger partial charge in [0.25, 0.3) is 0 Å². The molecule has 4 fully saturated rings. The average molecular weight is 377 g/mol. The van der Waals surface area contributed by atoms with Crippen LogP contribution in [-0.2, 0) is 0 Å². The van der Waals surface area contributed by atoms with Crippen molar-refractivity contribution in [3.63, 3.8) is 0 Å². The van der Waals surface area contributed by atoms with Crippen LogP contribution in [0, 0.1) is 35.5 Å². The SMILES string of the molecule is CC1CC2CC(C1)CC(C)(P(C(C)C)C1(C)CC3CC(C)CC(C3)C1)C2. The van der Waals surface area contributed by atoms with Gasteiger partial charge in [-0.15, -0.1) is 0 Å². The Morgan fingerprint density at radius 3 is 1.19 bits per heavy atom. The zero-order valence-corrected chi connectivity index (χ0v) is 19.5. The molecule has 4 aliphatic rings. The van der Waals surface area contributed by atoms with Crippen LogP contribution in [-0.4, -0.2) is 16.0 Å². The lowest BCUT2D eigenvalue weighted by molar-refractivity contribution is 0.109. The fraction of sp³-hybridized carbons (Fsp3) is 1.00. The van der Waals surface area contributed by atoms with E-state index in [2.05, 4.69) is 41.5 Å². The topological polar surface area (TPSA) is 0 Å². The Kier molecular flexibility index (Phi) is 5.34. The first-order chi connectivity index (χ1) is 12.2. The molecule has 4 rings (SSSR count). The molecule has 0 aromatic heterocycles. The van der Waals surface area contributed by atoms with Crippen LogP contribution in [0.1, 0.15) is 106 Å². The molecule has 4 bridgehead atoms. The van der Waals surface area contributed by atoms with Crippen LogP contribution >= 0.6 is 7.92 Å². The third-order valence-corrected chi connectivity index (χ3v) is 13.0. The predicted molar refractivity (Wildman–Crippen MR) is 117 cm³/mol. The van der Waals surface area contributed by atoms with E-state index in [4.69, 9.17) is 0 Å². The van der Waals surface area contributed by atoms with Gasteiger partial charge in [0.2, 0.25) is 0 Å². The van der Waals surface area contributed by atoms with Gasteiger partial charge in [0.15, 0.2) is 0 Å².